The van der Waals surface area contributed by atoms with Crippen LogP contribution in [0.1, 0.15) is 6.92 Å². The van der Waals surface area contributed by atoms with Crippen LogP contribution in [0.2, 0.25) is 0 Å². The molecule has 4 nitrogen and oxygen atoms in total. The molecule has 0 saturated carbocycles. The highest BCUT2D eigenvalue weighted by atomic mass is 79.9. The van der Waals surface area contributed by atoms with Gasteiger partial charge in [0.05, 0.1) is 15.8 Å². The number of para-hydroxylation sites is 1. The van der Waals surface area contributed by atoms with Crippen molar-refractivity contribution in [1.82, 2.24) is 5.32 Å². The molecule has 0 bridgehead atoms. The van der Waals surface area contributed by atoms with E-state index in [1.54, 1.807) is 19.1 Å². The SMILES string of the molecule is CNCCN1CC(C)S(=O)(=O)c2cccc(Br)c21. The van der Waals surface area contributed by atoms with Gasteiger partial charge in [0.1, 0.15) is 0 Å². The van der Waals surface area contributed by atoms with E-state index >= 15 is 0 Å². The van der Waals surface area contributed by atoms with Gasteiger partial charge >= 0.3 is 0 Å². The summed E-state index contributed by atoms with van der Waals surface area (Å²) in [6.45, 7) is 3.94. The molecule has 0 spiro atoms. The fourth-order valence-corrected chi connectivity index (χ4v) is 4.53. The van der Waals surface area contributed by atoms with Crippen LogP contribution in [0.15, 0.2) is 27.6 Å². The maximum atomic E-state index is 12.3. The first-order chi connectivity index (χ1) is 8.48. The summed E-state index contributed by atoms with van der Waals surface area (Å²) in [4.78, 5) is 2.56. The number of anilines is 1. The van der Waals surface area contributed by atoms with Crippen LogP contribution >= 0.6 is 15.9 Å². The third kappa shape index (κ3) is 2.29. The molecular formula is C12H17BrN2O2S. The van der Waals surface area contributed by atoms with E-state index in [-0.39, 0.29) is 5.25 Å². The Labute approximate surface area is 116 Å². The van der Waals surface area contributed by atoms with E-state index in [1.807, 2.05) is 13.1 Å². The lowest BCUT2D eigenvalue weighted by atomic mass is 10.2. The number of hydrogen-bond acceptors (Lipinski definition) is 4. The number of halogens is 1. The van der Waals surface area contributed by atoms with Crippen LogP contribution in [-0.4, -0.2) is 40.3 Å². The van der Waals surface area contributed by atoms with Crippen LogP contribution in [0, 0.1) is 0 Å². The molecule has 1 aromatic carbocycles. The molecule has 1 aliphatic heterocycles. The van der Waals surface area contributed by atoms with Gasteiger partial charge in [0.25, 0.3) is 0 Å². The van der Waals surface area contributed by atoms with Crippen molar-refractivity contribution in [3.8, 4) is 0 Å². The van der Waals surface area contributed by atoms with Crippen LogP contribution in [0.4, 0.5) is 5.69 Å². The topological polar surface area (TPSA) is 49.4 Å². The van der Waals surface area contributed by atoms with E-state index in [1.165, 1.54) is 0 Å². The molecule has 1 aliphatic rings. The molecule has 0 aromatic heterocycles. The minimum absolute atomic E-state index is 0.365. The number of fused-ring (bicyclic) bond motifs is 1. The van der Waals surface area contributed by atoms with Gasteiger partial charge in [-0.15, -0.1) is 0 Å². The van der Waals surface area contributed by atoms with Crippen molar-refractivity contribution in [2.75, 3.05) is 31.6 Å². The van der Waals surface area contributed by atoms with E-state index in [9.17, 15) is 8.42 Å². The van der Waals surface area contributed by atoms with Gasteiger partial charge in [0, 0.05) is 24.1 Å². The molecule has 1 unspecified atom stereocenters. The Kier molecular flexibility index (Phi) is 3.99. The molecule has 0 radical (unpaired) electrons. The second kappa shape index (κ2) is 5.19. The van der Waals surface area contributed by atoms with Crippen molar-refractivity contribution in [3.05, 3.63) is 22.7 Å². The number of nitrogens with zero attached hydrogens (tertiary/aromatic N) is 1. The number of rotatable bonds is 3. The molecule has 0 aliphatic carbocycles. The Balaban J connectivity index is 2.52. The number of sulfone groups is 1. The first-order valence-electron chi connectivity index (χ1n) is 5.90. The highest BCUT2D eigenvalue weighted by Gasteiger charge is 2.35. The quantitative estimate of drug-likeness (QED) is 0.914. The normalized spacial score (nSPS) is 21.7. The number of likely N-dealkylation sites (N-methyl/N-ethyl adjacent to an activating group) is 1. The van der Waals surface area contributed by atoms with E-state index in [4.69, 9.17) is 0 Å². The lowest BCUT2D eigenvalue weighted by Gasteiger charge is -2.35. The van der Waals surface area contributed by atoms with Crippen molar-refractivity contribution < 1.29 is 8.42 Å². The summed E-state index contributed by atoms with van der Waals surface area (Å²) in [7, 11) is -1.30. The molecule has 2 rings (SSSR count). The second-order valence-corrected chi connectivity index (χ2v) is 7.68. The fourth-order valence-electron chi connectivity index (χ4n) is 2.20. The largest absolute Gasteiger partial charge is 0.367 e. The predicted molar refractivity (Wildman–Crippen MR) is 76.9 cm³/mol. The molecule has 0 amide bonds. The monoisotopic (exact) mass is 332 g/mol. The summed E-state index contributed by atoms with van der Waals surface area (Å²) in [6, 6.07) is 5.35. The molecule has 100 valence electrons. The molecule has 0 saturated heterocycles. The minimum atomic E-state index is -3.19. The molecule has 18 heavy (non-hydrogen) atoms. The van der Waals surface area contributed by atoms with Gasteiger partial charge in [-0.1, -0.05) is 6.07 Å². The van der Waals surface area contributed by atoms with Gasteiger partial charge in [-0.05, 0) is 42.0 Å². The molecule has 1 heterocycles. The molecule has 1 atom stereocenters. The summed E-state index contributed by atoms with van der Waals surface area (Å²) < 4.78 is 25.5. The summed E-state index contributed by atoms with van der Waals surface area (Å²) in [5, 5.41) is 2.73. The van der Waals surface area contributed by atoms with Crippen molar-refractivity contribution >= 4 is 31.5 Å². The Hall–Kier alpha value is -0.590. The molecule has 6 heteroatoms. The number of hydrogen-bond donors (Lipinski definition) is 1. The highest BCUT2D eigenvalue weighted by molar-refractivity contribution is 9.10. The van der Waals surface area contributed by atoms with E-state index in [0.717, 1.165) is 23.2 Å². The average molecular weight is 333 g/mol. The van der Waals surface area contributed by atoms with Gasteiger partial charge in [-0.3, -0.25) is 0 Å². The van der Waals surface area contributed by atoms with Crippen molar-refractivity contribution in [2.45, 2.75) is 17.1 Å². The Morgan fingerprint density at radius 1 is 1.50 bits per heavy atom. The smallest absolute Gasteiger partial charge is 0.184 e. The van der Waals surface area contributed by atoms with Crippen LogP contribution in [0.3, 0.4) is 0 Å². The second-order valence-electron chi connectivity index (χ2n) is 4.49. The van der Waals surface area contributed by atoms with E-state index < -0.39 is 9.84 Å². The van der Waals surface area contributed by atoms with Crippen LogP contribution in [0.5, 0.6) is 0 Å². The van der Waals surface area contributed by atoms with Crippen molar-refractivity contribution in [3.63, 3.8) is 0 Å². The Bertz CT molecular complexity index is 545. The summed E-state index contributed by atoms with van der Waals surface area (Å²) in [5.41, 5.74) is 0.797. The maximum absolute atomic E-state index is 12.3. The predicted octanol–water partition coefficient (Wildman–Crippen LogP) is 1.65. The van der Waals surface area contributed by atoms with Gasteiger partial charge in [-0.2, -0.15) is 0 Å². The van der Waals surface area contributed by atoms with Gasteiger partial charge in [0.2, 0.25) is 0 Å². The first-order valence-corrected chi connectivity index (χ1v) is 8.24. The summed E-state index contributed by atoms with van der Waals surface area (Å²) >= 11 is 3.46. The average Bonchev–Trinajstić information content (AvgIpc) is 2.32. The third-order valence-corrected chi connectivity index (χ3v) is 6.00. The van der Waals surface area contributed by atoms with Crippen molar-refractivity contribution in [1.29, 1.82) is 0 Å². The zero-order chi connectivity index (χ0) is 13.3. The van der Waals surface area contributed by atoms with Crippen LogP contribution < -0.4 is 10.2 Å². The molecule has 1 N–H and O–H groups in total. The Morgan fingerprint density at radius 2 is 2.22 bits per heavy atom. The maximum Gasteiger partial charge on any atom is 0.184 e. The van der Waals surface area contributed by atoms with Gasteiger partial charge < -0.3 is 10.2 Å². The first kappa shape index (κ1) is 13.8. The zero-order valence-corrected chi connectivity index (χ0v) is 12.9. The van der Waals surface area contributed by atoms with Gasteiger partial charge in [0.15, 0.2) is 9.84 Å². The lowest BCUT2D eigenvalue weighted by Crippen LogP contribution is -2.43. The fraction of sp³-hybridized carbons (Fsp3) is 0.500. The van der Waals surface area contributed by atoms with Crippen LogP contribution in [0.25, 0.3) is 0 Å². The van der Waals surface area contributed by atoms with Crippen LogP contribution in [-0.2, 0) is 9.84 Å². The third-order valence-electron chi connectivity index (χ3n) is 3.21. The van der Waals surface area contributed by atoms with E-state index in [0.29, 0.717) is 11.4 Å². The number of benzene rings is 1. The zero-order valence-electron chi connectivity index (χ0n) is 10.5. The summed E-state index contributed by atoms with van der Waals surface area (Å²) in [6.07, 6.45) is 0. The minimum Gasteiger partial charge on any atom is -0.367 e. The standard InChI is InChI=1S/C12H17BrN2O2S/c1-9-8-15(7-6-14-2)12-10(13)4-3-5-11(12)18(9,16)17/h3-5,9,14H,6-8H2,1-2H3. The van der Waals surface area contributed by atoms with E-state index in [2.05, 4.69) is 26.1 Å². The van der Waals surface area contributed by atoms with Crippen molar-refractivity contribution in [2.24, 2.45) is 0 Å². The molecular weight excluding hydrogens is 316 g/mol. The Morgan fingerprint density at radius 3 is 2.89 bits per heavy atom. The molecule has 1 aromatic rings. The lowest BCUT2D eigenvalue weighted by molar-refractivity contribution is 0.571. The molecule has 0 fully saturated rings. The highest BCUT2D eigenvalue weighted by Crippen LogP contribution is 2.38. The summed E-state index contributed by atoms with van der Waals surface area (Å²) in [5.74, 6) is 0. The van der Waals surface area contributed by atoms with Gasteiger partial charge in [-0.25, -0.2) is 8.42 Å². The number of nitrogens with one attached hydrogen (secondary N) is 1.